The molecule has 0 amide bonds. The molecule has 0 fully saturated rings. The van der Waals surface area contributed by atoms with Gasteiger partial charge < -0.3 is 9.64 Å². The van der Waals surface area contributed by atoms with E-state index in [1.807, 2.05) is 18.9 Å². The molecule has 0 unspecified atom stereocenters. The molecule has 0 bridgehead atoms. The summed E-state index contributed by atoms with van der Waals surface area (Å²) in [7, 11) is 1.86. The van der Waals surface area contributed by atoms with E-state index in [0.29, 0.717) is 11.3 Å². The second kappa shape index (κ2) is 9.05. The first-order valence-electron chi connectivity index (χ1n) is 8.35. The van der Waals surface area contributed by atoms with Gasteiger partial charge in [-0.2, -0.15) is 13.2 Å². The van der Waals surface area contributed by atoms with Crippen LogP contribution >= 0.6 is 11.6 Å². The third kappa shape index (κ3) is 5.69. The van der Waals surface area contributed by atoms with Crippen molar-refractivity contribution in [3.63, 3.8) is 0 Å². The third-order valence-electron chi connectivity index (χ3n) is 3.89. The number of ether oxygens (including phenoxy) is 1. The van der Waals surface area contributed by atoms with Crippen LogP contribution in [0, 0.1) is 6.92 Å². The lowest BCUT2D eigenvalue weighted by molar-refractivity contribution is -0.141. The Kier molecular flexibility index (Phi) is 7.01. The monoisotopic (exact) mass is 413 g/mol. The van der Waals surface area contributed by atoms with Crippen molar-refractivity contribution in [2.45, 2.75) is 26.6 Å². The third-order valence-corrected chi connectivity index (χ3v) is 4.19. The summed E-state index contributed by atoms with van der Waals surface area (Å²) in [5.74, 6) is -0.689. The summed E-state index contributed by atoms with van der Waals surface area (Å²) >= 11 is 6.19. The maximum atomic E-state index is 12.7. The number of nitrogens with zero attached hydrogens (tertiary/aromatic N) is 3. The van der Waals surface area contributed by atoms with Crippen LogP contribution in [-0.2, 0) is 17.5 Å². The Morgan fingerprint density at radius 1 is 1.36 bits per heavy atom. The molecule has 150 valence electrons. The van der Waals surface area contributed by atoms with Gasteiger partial charge >= 0.3 is 12.1 Å². The van der Waals surface area contributed by atoms with Gasteiger partial charge in [-0.15, -0.1) is 0 Å². The molecule has 9 heteroatoms. The number of hydrogen-bond donors (Lipinski definition) is 0. The first kappa shape index (κ1) is 21.7. The molecular formula is C19H19ClF3N3O2. The molecule has 1 heterocycles. The molecule has 5 nitrogen and oxygen atoms in total. The lowest BCUT2D eigenvalue weighted by Gasteiger charge is -2.11. The highest BCUT2D eigenvalue weighted by Crippen LogP contribution is 2.30. The van der Waals surface area contributed by atoms with Crippen molar-refractivity contribution in [2.24, 2.45) is 4.99 Å². The first-order valence-corrected chi connectivity index (χ1v) is 8.73. The van der Waals surface area contributed by atoms with E-state index in [1.54, 1.807) is 19.3 Å². The number of carbonyl (C=O) groups is 1. The number of rotatable bonds is 6. The van der Waals surface area contributed by atoms with Crippen LogP contribution in [-0.4, -0.2) is 35.8 Å². The van der Waals surface area contributed by atoms with Gasteiger partial charge in [0.15, 0.2) is 0 Å². The molecule has 2 aromatic rings. The smallest absolute Gasteiger partial charge is 0.433 e. The standard InChI is InChI=1S/C19H19ClF3N3O2/c1-4-26(3)11-25-16-7-12(2)14(9-15(16)20)18(27)28-10-13-5-6-24-17(8-13)19(21,22)23/h5-9,11H,4,10H2,1-3H3. The van der Waals surface area contributed by atoms with Crippen LogP contribution in [0.5, 0.6) is 0 Å². The van der Waals surface area contributed by atoms with Gasteiger partial charge in [-0.05, 0) is 49.2 Å². The van der Waals surface area contributed by atoms with Gasteiger partial charge in [-0.1, -0.05) is 11.6 Å². The minimum atomic E-state index is -4.56. The predicted molar refractivity (Wildman–Crippen MR) is 101 cm³/mol. The largest absolute Gasteiger partial charge is 0.457 e. The summed E-state index contributed by atoms with van der Waals surface area (Å²) in [5, 5.41) is 0.265. The van der Waals surface area contributed by atoms with Gasteiger partial charge in [0.2, 0.25) is 0 Å². The lowest BCUT2D eigenvalue weighted by Crippen LogP contribution is -2.14. The maximum absolute atomic E-state index is 12.7. The molecule has 2 rings (SSSR count). The Bertz CT molecular complexity index is 885. The average molecular weight is 414 g/mol. The van der Waals surface area contributed by atoms with E-state index in [9.17, 15) is 18.0 Å². The number of aryl methyl sites for hydroxylation is 1. The number of benzene rings is 1. The second-order valence-corrected chi connectivity index (χ2v) is 6.47. The Balaban J connectivity index is 2.13. The van der Waals surface area contributed by atoms with Crippen LogP contribution in [0.2, 0.25) is 5.02 Å². The van der Waals surface area contributed by atoms with E-state index in [4.69, 9.17) is 16.3 Å². The summed E-state index contributed by atoms with van der Waals surface area (Å²) in [6, 6.07) is 5.28. The number of carbonyl (C=O) groups excluding carboxylic acids is 1. The quantitative estimate of drug-likeness (QED) is 0.378. The van der Waals surface area contributed by atoms with E-state index in [2.05, 4.69) is 9.98 Å². The highest BCUT2D eigenvalue weighted by Gasteiger charge is 2.32. The second-order valence-electron chi connectivity index (χ2n) is 6.06. The molecule has 0 aliphatic heterocycles. The Morgan fingerprint density at radius 3 is 2.71 bits per heavy atom. The van der Waals surface area contributed by atoms with Crippen LogP contribution in [0.4, 0.5) is 18.9 Å². The van der Waals surface area contributed by atoms with E-state index >= 15 is 0 Å². The predicted octanol–water partition coefficient (Wildman–Crippen LogP) is 5.03. The highest BCUT2D eigenvalue weighted by atomic mass is 35.5. The fourth-order valence-corrected chi connectivity index (χ4v) is 2.39. The molecular weight excluding hydrogens is 395 g/mol. The number of halogens is 4. The molecule has 0 atom stereocenters. The van der Waals surface area contributed by atoms with Gasteiger partial charge in [0.1, 0.15) is 12.3 Å². The number of aliphatic imine (C=N–C) groups is 1. The maximum Gasteiger partial charge on any atom is 0.433 e. The van der Waals surface area contributed by atoms with Gasteiger partial charge in [-0.25, -0.2) is 9.79 Å². The van der Waals surface area contributed by atoms with Crippen LogP contribution in [0.1, 0.15) is 34.1 Å². The van der Waals surface area contributed by atoms with Crippen molar-refractivity contribution in [1.82, 2.24) is 9.88 Å². The minimum Gasteiger partial charge on any atom is -0.457 e. The van der Waals surface area contributed by atoms with E-state index in [-0.39, 0.29) is 22.8 Å². The normalized spacial score (nSPS) is 11.7. The topological polar surface area (TPSA) is 54.8 Å². The first-order chi connectivity index (χ1) is 13.1. The molecule has 0 aliphatic carbocycles. The molecule has 0 radical (unpaired) electrons. The zero-order valence-corrected chi connectivity index (χ0v) is 16.3. The number of hydrogen-bond acceptors (Lipinski definition) is 4. The summed E-state index contributed by atoms with van der Waals surface area (Å²) < 4.78 is 43.2. The van der Waals surface area contributed by atoms with Crippen molar-refractivity contribution < 1.29 is 22.7 Å². The van der Waals surface area contributed by atoms with Crippen LogP contribution in [0.25, 0.3) is 0 Å². The van der Waals surface area contributed by atoms with E-state index < -0.39 is 17.8 Å². The van der Waals surface area contributed by atoms with Crippen molar-refractivity contribution >= 4 is 29.6 Å². The molecule has 0 spiro atoms. The Hall–Kier alpha value is -2.61. The van der Waals surface area contributed by atoms with Crippen LogP contribution in [0.15, 0.2) is 35.5 Å². The fourth-order valence-electron chi connectivity index (χ4n) is 2.17. The molecule has 28 heavy (non-hydrogen) atoms. The molecule has 0 saturated carbocycles. The molecule has 1 aromatic heterocycles. The summed E-state index contributed by atoms with van der Waals surface area (Å²) in [6.45, 7) is 4.13. The number of esters is 1. The zero-order valence-electron chi connectivity index (χ0n) is 15.5. The highest BCUT2D eigenvalue weighted by molar-refractivity contribution is 6.33. The lowest BCUT2D eigenvalue weighted by atomic mass is 10.1. The van der Waals surface area contributed by atoms with Crippen molar-refractivity contribution in [3.05, 3.63) is 57.9 Å². The molecule has 1 aromatic carbocycles. The van der Waals surface area contributed by atoms with Gasteiger partial charge in [0, 0.05) is 19.8 Å². The Labute approximate surface area is 165 Å². The van der Waals surface area contributed by atoms with Crippen molar-refractivity contribution in [2.75, 3.05) is 13.6 Å². The number of aromatic nitrogens is 1. The van der Waals surface area contributed by atoms with Gasteiger partial charge in [0.05, 0.1) is 22.6 Å². The fraction of sp³-hybridized carbons (Fsp3) is 0.316. The van der Waals surface area contributed by atoms with Gasteiger partial charge in [0.25, 0.3) is 0 Å². The summed E-state index contributed by atoms with van der Waals surface area (Å²) in [5.41, 5.74) is 0.451. The Morgan fingerprint density at radius 2 is 2.07 bits per heavy atom. The average Bonchev–Trinajstić information content (AvgIpc) is 2.65. The van der Waals surface area contributed by atoms with E-state index in [0.717, 1.165) is 18.8 Å². The SMILES string of the molecule is CCN(C)C=Nc1cc(C)c(C(=O)OCc2ccnc(C(F)(F)F)c2)cc1Cl. The minimum absolute atomic E-state index is 0.184. The number of pyridine rings is 1. The van der Waals surface area contributed by atoms with Crippen LogP contribution < -0.4 is 0 Å². The van der Waals surface area contributed by atoms with Crippen molar-refractivity contribution in [3.8, 4) is 0 Å². The van der Waals surface area contributed by atoms with Crippen LogP contribution in [0.3, 0.4) is 0 Å². The molecule has 0 saturated heterocycles. The summed E-state index contributed by atoms with van der Waals surface area (Å²) in [6.07, 6.45) is -1.92. The molecule has 0 aliphatic rings. The molecule has 0 N–H and O–H groups in total. The summed E-state index contributed by atoms with van der Waals surface area (Å²) in [4.78, 5) is 21.7. The van der Waals surface area contributed by atoms with E-state index in [1.165, 1.54) is 12.1 Å². The zero-order chi connectivity index (χ0) is 20.9. The van der Waals surface area contributed by atoms with Gasteiger partial charge in [-0.3, -0.25) is 4.98 Å². The number of alkyl halides is 3. The van der Waals surface area contributed by atoms with Crippen molar-refractivity contribution in [1.29, 1.82) is 0 Å².